The molecule has 130 valence electrons. The number of hydrogen-bond donors (Lipinski definition) is 1. The summed E-state index contributed by atoms with van der Waals surface area (Å²) in [5.74, 6) is 1.58. The van der Waals surface area contributed by atoms with Crippen molar-refractivity contribution < 1.29 is 24.2 Å². The van der Waals surface area contributed by atoms with E-state index in [-0.39, 0.29) is 15.8 Å². The van der Waals surface area contributed by atoms with Crippen molar-refractivity contribution >= 4 is 62.2 Å². The maximum atomic E-state index is 12.4. The van der Waals surface area contributed by atoms with Gasteiger partial charge >= 0.3 is 5.97 Å². The molecule has 1 fully saturated rings. The summed E-state index contributed by atoms with van der Waals surface area (Å²) in [5, 5.41) is 8.89. The Morgan fingerprint density at radius 3 is 2.88 bits per heavy atom. The predicted molar refractivity (Wildman–Crippen MR) is 103 cm³/mol. The molecular formula is C16H12BrNO5S2. The van der Waals surface area contributed by atoms with Gasteiger partial charge in [-0.1, -0.05) is 45.8 Å². The lowest BCUT2D eigenvalue weighted by molar-refractivity contribution is -0.140. The van der Waals surface area contributed by atoms with Crippen molar-refractivity contribution in [1.29, 1.82) is 0 Å². The predicted octanol–water partition coefficient (Wildman–Crippen LogP) is 2.76. The molecule has 1 aromatic rings. The Hall–Kier alpha value is -2.02. The molecule has 0 saturated carbocycles. The first-order valence-corrected chi connectivity index (χ1v) is 8.80. The quantitative estimate of drug-likeness (QED) is 0.413. The Bertz CT molecular complexity index is 815. The van der Waals surface area contributed by atoms with Crippen LogP contribution in [-0.2, 0) is 9.59 Å². The molecule has 0 aromatic heterocycles. The molecule has 1 aliphatic heterocycles. The molecule has 25 heavy (non-hydrogen) atoms. The molecule has 2 rings (SSSR count). The number of terminal acetylenes is 1. The lowest BCUT2D eigenvalue weighted by Crippen LogP contribution is -2.33. The molecule has 6 nitrogen and oxygen atoms in total. The Labute approximate surface area is 162 Å². The van der Waals surface area contributed by atoms with E-state index < -0.39 is 18.4 Å². The molecule has 1 saturated heterocycles. The molecule has 0 bridgehead atoms. The van der Waals surface area contributed by atoms with Gasteiger partial charge in [0.2, 0.25) is 0 Å². The van der Waals surface area contributed by atoms with E-state index in [1.807, 2.05) is 0 Å². The van der Waals surface area contributed by atoms with Crippen LogP contribution in [0.4, 0.5) is 0 Å². The summed E-state index contributed by atoms with van der Waals surface area (Å²) in [6.07, 6.45) is 6.81. The maximum Gasteiger partial charge on any atom is 0.323 e. The fourth-order valence-corrected chi connectivity index (χ4v) is 3.73. The third-order valence-electron chi connectivity index (χ3n) is 3.02. The third kappa shape index (κ3) is 4.54. The van der Waals surface area contributed by atoms with Gasteiger partial charge < -0.3 is 14.6 Å². The summed E-state index contributed by atoms with van der Waals surface area (Å²) in [6, 6.07) is 3.44. The highest BCUT2D eigenvalue weighted by Gasteiger charge is 2.33. The second kappa shape index (κ2) is 8.38. The monoisotopic (exact) mass is 441 g/mol. The van der Waals surface area contributed by atoms with Gasteiger partial charge in [0.25, 0.3) is 5.91 Å². The zero-order valence-electron chi connectivity index (χ0n) is 12.9. The van der Waals surface area contributed by atoms with Gasteiger partial charge in [-0.3, -0.25) is 14.5 Å². The first-order valence-electron chi connectivity index (χ1n) is 6.78. The van der Waals surface area contributed by atoms with E-state index in [2.05, 4.69) is 21.9 Å². The van der Waals surface area contributed by atoms with E-state index in [1.165, 1.54) is 7.11 Å². The van der Waals surface area contributed by atoms with Crippen LogP contribution in [0.1, 0.15) is 5.56 Å². The smallest absolute Gasteiger partial charge is 0.323 e. The van der Waals surface area contributed by atoms with Crippen LogP contribution in [0.25, 0.3) is 6.08 Å². The van der Waals surface area contributed by atoms with Gasteiger partial charge in [0.1, 0.15) is 17.5 Å². The number of carbonyl (C=O) groups excluding carboxylic acids is 1. The second-order valence-corrected chi connectivity index (χ2v) is 7.27. The van der Waals surface area contributed by atoms with Gasteiger partial charge in [-0.05, 0) is 18.2 Å². The van der Waals surface area contributed by atoms with Crippen LogP contribution < -0.4 is 9.47 Å². The molecule has 1 heterocycles. The van der Waals surface area contributed by atoms with Crippen molar-refractivity contribution in [3.05, 3.63) is 27.1 Å². The molecule has 0 aliphatic carbocycles. The summed E-state index contributed by atoms with van der Waals surface area (Å²) in [5.41, 5.74) is 0.553. The number of carboxylic acids is 1. The molecule has 1 amide bonds. The minimum Gasteiger partial charge on any atom is -0.493 e. The van der Waals surface area contributed by atoms with Crippen molar-refractivity contribution in [3.8, 4) is 23.8 Å². The average Bonchev–Trinajstić information content (AvgIpc) is 2.80. The van der Waals surface area contributed by atoms with Crippen molar-refractivity contribution in [2.24, 2.45) is 0 Å². The minimum absolute atomic E-state index is 0.0266. The van der Waals surface area contributed by atoms with Crippen LogP contribution in [0.3, 0.4) is 0 Å². The number of methoxy groups -OCH3 is 1. The van der Waals surface area contributed by atoms with Crippen molar-refractivity contribution in [1.82, 2.24) is 4.90 Å². The highest BCUT2D eigenvalue weighted by atomic mass is 79.9. The molecule has 0 unspecified atom stereocenters. The summed E-state index contributed by atoms with van der Waals surface area (Å²) in [6.45, 7) is -0.455. The summed E-state index contributed by atoms with van der Waals surface area (Å²) in [7, 11) is 1.49. The van der Waals surface area contributed by atoms with Crippen LogP contribution in [0.15, 0.2) is 21.5 Å². The third-order valence-corrected chi connectivity index (χ3v) is 4.86. The second-order valence-electron chi connectivity index (χ2n) is 4.68. The molecule has 0 spiro atoms. The van der Waals surface area contributed by atoms with Gasteiger partial charge in [0, 0.05) is 10.0 Å². The number of amides is 1. The highest BCUT2D eigenvalue weighted by Crippen LogP contribution is 2.39. The standard InChI is InChI=1S/C16H12BrNO5S2/c1-3-4-23-14-9(5-10(17)7-11(14)22-2)6-12-15(21)18(8-13(19)20)16(24)25-12/h1,5-7H,4,8H2,2H3,(H,19,20)/b12-6-. The number of halogens is 1. The van der Waals surface area contributed by atoms with Gasteiger partial charge in [0.15, 0.2) is 11.5 Å². The lowest BCUT2D eigenvalue weighted by Gasteiger charge is -2.13. The number of nitrogens with zero attached hydrogens (tertiary/aromatic N) is 1. The van der Waals surface area contributed by atoms with Gasteiger partial charge in [0.05, 0.1) is 12.0 Å². The molecule has 0 radical (unpaired) electrons. The topological polar surface area (TPSA) is 76.1 Å². The number of rotatable bonds is 6. The zero-order valence-corrected chi connectivity index (χ0v) is 16.2. The first-order chi connectivity index (χ1) is 11.9. The molecular weight excluding hydrogens is 430 g/mol. The number of benzene rings is 1. The highest BCUT2D eigenvalue weighted by molar-refractivity contribution is 9.10. The van der Waals surface area contributed by atoms with Crippen molar-refractivity contribution in [3.63, 3.8) is 0 Å². The minimum atomic E-state index is -1.14. The van der Waals surface area contributed by atoms with Crippen LogP contribution in [0, 0.1) is 12.3 Å². The van der Waals surface area contributed by atoms with E-state index in [4.69, 9.17) is 33.2 Å². The molecule has 9 heteroatoms. The lowest BCUT2D eigenvalue weighted by atomic mass is 10.1. The van der Waals surface area contributed by atoms with E-state index in [0.29, 0.717) is 21.5 Å². The summed E-state index contributed by atoms with van der Waals surface area (Å²) in [4.78, 5) is 24.6. The number of carbonyl (C=O) groups is 2. The number of ether oxygens (including phenoxy) is 2. The van der Waals surface area contributed by atoms with Crippen molar-refractivity contribution in [2.45, 2.75) is 0 Å². The maximum absolute atomic E-state index is 12.4. The Morgan fingerprint density at radius 2 is 2.28 bits per heavy atom. The average molecular weight is 442 g/mol. The number of carboxylic acid groups (broad SMARTS) is 1. The normalized spacial score (nSPS) is 15.4. The first kappa shape index (κ1) is 19.3. The van der Waals surface area contributed by atoms with Crippen LogP contribution in [0.5, 0.6) is 11.5 Å². The van der Waals surface area contributed by atoms with Crippen LogP contribution in [0.2, 0.25) is 0 Å². The zero-order chi connectivity index (χ0) is 18.6. The van der Waals surface area contributed by atoms with E-state index in [0.717, 1.165) is 16.7 Å². The van der Waals surface area contributed by atoms with Crippen LogP contribution >= 0.6 is 39.9 Å². The molecule has 0 atom stereocenters. The number of thiocarbonyl (C=S) groups is 1. The van der Waals surface area contributed by atoms with Gasteiger partial charge in [-0.25, -0.2) is 0 Å². The van der Waals surface area contributed by atoms with Crippen LogP contribution in [-0.4, -0.2) is 46.5 Å². The Morgan fingerprint density at radius 1 is 1.56 bits per heavy atom. The molecule has 1 aromatic carbocycles. The van der Waals surface area contributed by atoms with Gasteiger partial charge in [-0.15, -0.1) is 6.42 Å². The summed E-state index contributed by atoms with van der Waals surface area (Å²) >= 11 is 9.47. The Balaban J connectivity index is 2.45. The number of hydrogen-bond acceptors (Lipinski definition) is 6. The van der Waals surface area contributed by atoms with E-state index >= 15 is 0 Å². The fourth-order valence-electron chi connectivity index (χ4n) is 2.03. The van der Waals surface area contributed by atoms with Crippen molar-refractivity contribution in [2.75, 3.05) is 20.3 Å². The van der Waals surface area contributed by atoms with E-state index in [1.54, 1.807) is 18.2 Å². The SMILES string of the molecule is C#CCOc1c(/C=C2\SC(=S)N(CC(=O)O)C2=O)cc(Br)cc1OC. The fraction of sp³-hybridized carbons (Fsp3) is 0.188. The summed E-state index contributed by atoms with van der Waals surface area (Å²) < 4.78 is 11.7. The molecule has 1 aliphatic rings. The Kier molecular flexibility index (Phi) is 6.47. The number of thioether (sulfide) groups is 1. The molecule has 1 N–H and O–H groups in total. The van der Waals surface area contributed by atoms with Gasteiger partial charge in [-0.2, -0.15) is 0 Å². The van der Waals surface area contributed by atoms with E-state index in [9.17, 15) is 9.59 Å². The largest absolute Gasteiger partial charge is 0.493 e. The number of aliphatic carboxylic acids is 1.